The number of carbonyl (C=O) groups is 1. The summed E-state index contributed by atoms with van der Waals surface area (Å²) in [7, 11) is 0. The molecule has 0 aliphatic rings. The van der Waals surface area contributed by atoms with E-state index in [1.165, 1.54) is 12.3 Å². The minimum Gasteiger partial charge on any atom is -0.467 e. The van der Waals surface area contributed by atoms with Crippen molar-refractivity contribution in [2.75, 3.05) is 0 Å². The first kappa shape index (κ1) is 11.6. The quantitative estimate of drug-likeness (QED) is 0.794. The molecule has 0 bridgehead atoms. The van der Waals surface area contributed by atoms with Crippen LogP contribution in [0.25, 0.3) is 0 Å². The van der Waals surface area contributed by atoms with E-state index < -0.39 is 18.1 Å². The fraction of sp³-hybridized carbons (Fsp3) is 0.375. The lowest BCUT2D eigenvalue weighted by Crippen LogP contribution is -2.49. The lowest BCUT2D eigenvalue weighted by molar-refractivity contribution is -0.162. The summed E-state index contributed by atoms with van der Waals surface area (Å²) in [5.41, 5.74) is 4.67. The summed E-state index contributed by atoms with van der Waals surface area (Å²) in [6.45, 7) is -0.115. The molecular weight excluding hydrogens is 213 g/mol. The molecule has 0 spiro atoms. The number of hydrogen-bond acceptors (Lipinski definition) is 3. The number of furan rings is 1. The van der Waals surface area contributed by atoms with Gasteiger partial charge in [-0.15, -0.1) is 0 Å². The maximum atomic E-state index is 12.0. The van der Waals surface area contributed by atoms with Gasteiger partial charge in [-0.2, -0.15) is 13.2 Å². The second kappa shape index (κ2) is 4.35. The molecule has 7 heteroatoms. The van der Waals surface area contributed by atoms with Gasteiger partial charge < -0.3 is 15.5 Å². The highest BCUT2D eigenvalue weighted by molar-refractivity contribution is 5.82. The topological polar surface area (TPSA) is 68.3 Å². The first-order valence-electron chi connectivity index (χ1n) is 4.03. The number of amides is 1. The van der Waals surface area contributed by atoms with Crippen molar-refractivity contribution in [3.63, 3.8) is 0 Å². The van der Waals surface area contributed by atoms with Gasteiger partial charge in [0, 0.05) is 0 Å². The van der Waals surface area contributed by atoms with Crippen LogP contribution in [0.2, 0.25) is 0 Å². The molecule has 0 radical (unpaired) electrons. The van der Waals surface area contributed by atoms with Crippen molar-refractivity contribution in [2.45, 2.75) is 18.8 Å². The van der Waals surface area contributed by atoms with Crippen LogP contribution in [-0.2, 0) is 11.3 Å². The van der Waals surface area contributed by atoms with Crippen LogP contribution < -0.4 is 11.1 Å². The summed E-state index contributed by atoms with van der Waals surface area (Å²) < 4.78 is 40.7. The van der Waals surface area contributed by atoms with Crippen molar-refractivity contribution in [3.8, 4) is 0 Å². The van der Waals surface area contributed by atoms with E-state index in [2.05, 4.69) is 5.73 Å². The predicted molar refractivity (Wildman–Crippen MR) is 44.6 cm³/mol. The van der Waals surface area contributed by atoms with Crippen LogP contribution in [0.3, 0.4) is 0 Å². The van der Waals surface area contributed by atoms with Crippen LogP contribution in [0, 0.1) is 0 Å². The predicted octanol–water partition coefficient (Wildman–Crippen LogP) is 0.785. The monoisotopic (exact) mass is 222 g/mol. The van der Waals surface area contributed by atoms with E-state index in [0.717, 1.165) is 0 Å². The minimum atomic E-state index is -4.73. The summed E-state index contributed by atoms with van der Waals surface area (Å²) in [5, 5.41) is 2.01. The van der Waals surface area contributed by atoms with Crippen molar-refractivity contribution in [1.82, 2.24) is 5.32 Å². The van der Waals surface area contributed by atoms with E-state index in [1.807, 2.05) is 5.32 Å². The molecule has 1 amide bonds. The molecular formula is C8H9F3N2O2. The highest BCUT2D eigenvalue weighted by Crippen LogP contribution is 2.18. The van der Waals surface area contributed by atoms with Crippen molar-refractivity contribution in [1.29, 1.82) is 0 Å². The Morgan fingerprint density at radius 3 is 2.73 bits per heavy atom. The maximum Gasteiger partial charge on any atom is 0.412 e. The molecule has 0 aliphatic heterocycles. The third-order valence-corrected chi connectivity index (χ3v) is 1.65. The number of rotatable bonds is 3. The lowest BCUT2D eigenvalue weighted by atomic mass is 10.3. The molecule has 1 aromatic rings. The summed E-state index contributed by atoms with van der Waals surface area (Å²) in [6, 6.07) is 0.581. The first-order chi connectivity index (χ1) is 6.91. The highest BCUT2D eigenvalue weighted by atomic mass is 19.4. The number of alkyl halides is 3. The first-order valence-corrected chi connectivity index (χ1v) is 4.03. The summed E-state index contributed by atoms with van der Waals surface area (Å²) in [6.07, 6.45) is -3.38. The molecule has 4 nitrogen and oxygen atoms in total. The number of hydrogen-bond donors (Lipinski definition) is 2. The molecule has 1 aromatic heterocycles. The van der Waals surface area contributed by atoms with Gasteiger partial charge in [-0.05, 0) is 12.1 Å². The lowest BCUT2D eigenvalue weighted by Gasteiger charge is -2.14. The maximum absolute atomic E-state index is 12.0. The minimum absolute atomic E-state index is 0.115. The molecule has 84 valence electrons. The second-order valence-electron chi connectivity index (χ2n) is 2.82. The number of halogens is 3. The molecule has 1 unspecified atom stereocenters. The van der Waals surface area contributed by atoms with Gasteiger partial charge in [-0.25, -0.2) is 0 Å². The van der Waals surface area contributed by atoms with E-state index in [0.29, 0.717) is 5.76 Å². The van der Waals surface area contributed by atoms with Gasteiger partial charge >= 0.3 is 6.18 Å². The summed E-state index contributed by atoms with van der Waals surface area (Å²) >= 11 is 0. The van der Waals surface area contributed by atoms with Crippen molar-refractivity contribution in [3.05, 3.63) is 24.2 Å². The van der Waals surface area contributed by atoms with E-state index in [-0.39, 0.29) is 6.54 Å². The fourth-order valence-corrected chi connectivity index (χ4v) is 0.846. The molecule has 1 atom stereocenters. The Morgan fingerprint density at radius 2 is 2.27 bits per heavy atom. The zero-order valence-electron chi connectivity index (χ0n) is 7.54. The average molecular weight is 222 g/mol. The Bertz CT molecular complexity index is 321. The number of nitrogens with one attached hydrogen (secondary N) is 1. The molecule has 0 aromatic carbocycles. The Balaban J connectivity index is 2.43. The molecule has 0 fully saturated rings. The van der Waals surface area contributed by atoms with Gasteiger partial charge in [0.15, 0.2) is 6.04 Å². The van der Waals surface area contributed by atoms with Gasteiger partial charge in [0.05, 0.1) is 12.8 Å². The third-order valence-electron chi connectivity index (χ3n) is 1.65. The van der Waals surface area contributed by atoms with Gasteiger partial charge in [-0.3, -0.25) is 4.79 Å². The van der Waals surface area contributed by atoms with Crippen molar-refractivity contribution < 1.29 is 22.4 Å². The van der Waals surface area contributed by atoms with Crippen LogP contribution in [-0.4, -0.2) is 18.1 Å². The standard InChI is InChI=1S/C8H9F3N2O2/c9-8(10,11)6(12)7(14)13-4-5-2-1-3-15-5/h1-3,6H,4,12H2,(H,13,14). The van der Waals surface area contributed by atoms with E-state index in [1.54, 1.807) is 6.07 Å². The Kier molecular flexibility index (Phi) is 3.35. The number of carbonyl (C=O) groups excluding carboxylic acids is 1. The van der Waals surface area contributed by atoms with E-state index in [9.17, 15) is 18.0 Å². The number of nitrogens with two attached hydrogens (primary N) is 1. The van der Waals surface area contributed by atoms with Crippen LogP contribution in [0.15, 0.2) is 22.8 Å². The molecule has 1 rings (SSSR count). The van der Waals surface area contributed by atoms with Crippen molar-refractivity contribution >= 4 is 5.91 Å². The van der Waals surface area contributed by atoms with Gasteiger partial charge in [-0.1, -0.05) is 0 Å². The summed E-state index contributed by atoms with van der Waals surface area (Å²) in [5.74, 6) is -0.920. The molecule has 1 heterocycles. The Hall–Kier alpha value is -1.50. The zero-order valence-corrected chi connectivity index (χ0v) is 7.54. The Labute approximate surface area is 83.2 Å². The van der Waals surface area contributed by atoms with Gasteiger partial charge in [0.1, 0.15) is 5.76 Å². The van der Waals surface area contributed by atoms with Crippen LogP contribution in [0.4, 0.5) is 13.2 Å². The van der Waals surface area contributed by atoms with E-state index in [4.69, 9.17) is 4.42 Å². The van der Waals surface area contributed by atoms with Gasteiger partial charge in [0.25, 0.3) is 0 Å². The molecule has 0 saturated carbocycles. The largest absolute Gasteiger partial charge is 0.467 e. The fourth-order valence-electron chi connectivity index (χ4n) is 0.846. The molecule has 0 aliphatic carbocycles. The van der Waals surface area contributed by atoms with E-state index >= 15 is 0 Å². The van der Waals surface area contributed by atoms with Crippen LogP contribution in [0.5, 0.6) is 0 Å². The average Bonchev–Trinajstić information content (AvgIpc) is 2.63. The van der Waals surface area contributed by atoms with Gasteiger partial charge in [0.2, 0.25) is 5.91 Å². The third kappa shape index (κ3) is 3.28. The summed E-state index contributed by atoms with van der Waals surface area (Å²) in [4.78, 5) is 10.9. The van der Waals surface area contributed by atoms with Crippen LogP contribution >= 0.6 is 0 Å². The molecule has 3 N–H and O–H groups in total. The highest BCUT2D eigenvalue weighted by Gasteiger charge is 2.41. The second-order valence-corrected chi connectivity index (χ2v) is 2.82. The van der Waals surface area contributed by atoms with Crippen molar-refractivity contribution in [2.24, 2.45) is 5.73 Å². The van der Waals surface area contributed by atoms with Crippen LogP contribution in [0.1, 0.15) is 5.76 Å². The normalized spacial score (nSPS) is 13.6. The molecule has 0 saturated heterocycles. The molecule has 15 heavy (non-hydrogen) atoms. The smallest absolute Gasteiger partial charge is 0.412 e. The SMILES string of the molecule is NC(C(=O)NCc1ccco1)C(F)(F)F. The zero-order chi connectivity index (χ0) is 11.5. The Morgan fingerprint density at radius 1 is 1.60 bits per heavy atom.